The largest absolute Gasteiger partial charge is 0.493 e. The number of ether oxygens (including phenoxy) is 3. The van der Waals surface area contributed by atoms with Gasteiger partial charge in [-0.15, -0.1) is 0 Å². The molecule has 0 aliphatic heterocycles. The SMILES string of the molecule is COc1cc2c(c(OC)c1OC)-c1ccc(N[C@@H](CCSC)C(=O)NCCCO)c(=O)cc1[C@@H](NC(C)=O)CC2. The molecule has 11 heteroatoms. The third-order valence-electron chi connectivity index (χ3n) is 6.81. The number of thioether (sulfide) groups is 1. The number of carbonyl (C=O) groups is 2. The minimum absolute atomic E-state index is 0.0228. The molecule has 0 aromatic heterocycles. The van der Waals surface area contributed by atoms with Gasteiger partial charge in [-0.3, -0.25) is 14.4 Å². The van der Waals surface area contributed by atoms with E-state index in [1.165, 1.54) is 20.1 Å². The lowest BCUT2D eigenvalue weighted by Gasteiger charge is -2.19. The van der Waals surface area contributed by atoms with Gasteiger partial charge in [-0.05, 0) is 72.6 Å². The van der Waals surface area contributed by atoms with E-state index in [0.717, 1.165) is 11.1 Å². The number of fused-ring (bicyclic) bond motifs is 3. The lowest BCUT2D eigenvalue weighted by Crippen LogP contribution is -2.41. The van der Waals surface area contributed by atoms with E-state index in [1.54, 1.807) is 32.0 Å². The second-order valence-corrected chi connectivity index (χ2v) is 10.4. The van der Waals surface area contributed by atoms with Crippen LogP contribution in [0, 0.1) is 0 Å². The van der Waals surface area contributed by atoms with Gasteiger partial charge in [0.25, 0.3) is 0 Å². The van der Waals surface area contributed by atoms with Crippen molar-refractivity contribution in [3.63, 3.8) is 0 Å². The molecule has 0 unspecified atom stereocenters. The van der Waals surface area contributed by atoms with E-state index in [1.807, 2.05) is 18.4 Å². The van der Waals surface area contributed by atoms with Crippen LogP contribution in [0.3, 0.4) is 0 Å². The van der Waals surface area contributed by atoms with E-state index in [4.69, 9.17) is 19.3 Å². The Bertz CT molecular complexity index is 1270. The molecule has 4 N–H and O–H groups in total. The Morgan fingerprint density at radius 1 is 1.12 bits per heavy atom. The van der Waals surface area contributed by atoms with Gasteiger partial charge < -0.3 is 35.3 Å². The summed E-state index contributed by atoms with van der Waals surface area (Å²) < 4.78 is 17.0. The number of anilines is 1. The van der Waals surface area contributed by atoms with Gasteiger partial charge >= 0.3 is 0 Å². The number of rotatable bonds is 13. The third kappa shape index (κ3) is 7.19. The third-order valence-corrected chi connectivity index (χ3v) is 7.45. The highest BCUT2D eigenvalue weighted by Gasteiger charge is 2.29. The molecule has 1 aliphatic rings. The fourth-order valence-corrected chi connectivity index (χ4v) is 5.40. The maximum Gasteiger partial charge on any atom is 0.242 e. The van der Waals surface area contributed by atoms with Crippen molar-refractivity contribution in [1.82, 2.24) is 10.6 Å². The van der Waals surface area contributed by atoms with Crippen LogP contribution >= 0.6 is 11.8 Å². The summed E-state index contributed by atoms with van der Waals surface area (Å²) in [7, 11) is 4.64. The van der Waals surface area contributed by atoms with Crippen LogP contribution in [0.5, 0.6) is 17.2 Å². The number of aryl methyl sites for hydroxylation is 1. The summed E-state index contributed by atoms with van der Waals surface area (Å²) in [5, 5.41) is 18.0. The fraction of sp³-hybridized carbons (Fsp3) is 0.483. The van der Waals surface area contributed by atoms with E-state index in [0.29, 0.717) is 66.4 Å². The molecule has 40 heavy (non-hydrogen) atoms. The average molecular weight is 574 g/mol. The van der Waals surface area contributed by atoms with Gasteiger partial charge in [0, 0.05) is 25.6 Å². The van der Waals surface area contributed by atoms with E-state index in [-0.39, 0.29) is 29.5 Å². The molecule has 0 saturated carbocycles. The topological polar surface area (TPSA) is 135 Å². The molecule has 3 rings (SSSR count). The van der Waals surface area contributed by atoms with Crippen LogP contribution in [0.15, 0.2) is 29.1 Å². The first kappa shape index (κ1) is 31.1. The average Bonchev–Trinajstić information content (AvgIpc) is 3.18. The number of aliphatic hydroxyl groups excluding tert-OH is 1. The summed E-state index contributed by atoms with van der Waals surface area (Å²) in [6.45, 7) is 1.77. The van der Waals surface area contributed by atoms with E-state index >= 15 is 0 Å². The first-order chi connectivity index (χ1) is 19.3. The molecule has 0 saturated heterocycles. The highest BCUT2D eigenvalue weighted by molar-refractivity contribution is 7.98. The first-order valence-corrected chi connectivity index (χ1v) is 14.6. The summed E-state index contributed by atoms with van der Waals surface area (Å²) in [6.07, 6.45) is 4.05. The summed E-state index contributed by atoms with van der Waals surface area (Å²) in [6, 6.07) is 5.85. The highest BCUT2D eigenvalue weighted by atomic mass is 32.2. The Morgan fingerprint density at radius 2 is 1.88 bits per heavy atom. The van der Waals surface area contributed by atoms with Gasteiger partial charge in [-0.1, -0.05) is 6.07 Å². The number of benzene rings is 1. The smallest absolute Gasteiger partial charge is 0.242 e. The molecule has 10 nitrogen and oxygen atoms in total. The molecular formula is C29H39N3O7S. The Hall–Kier alpha value is -3.44. The van der Waals surface area contributed by atoms with Crippen molar-refractivity contribution in [3.8, 4) is 28.4 Å². The summed E-state index contributed by atoms with van der Waals surface area (Å²) in [5.41, 5.74) is 2.99. The van der Waals surface area contributed by atoms with Crippen molar-refractivity contribution in [2.24, 2.45) is 0 Å². The molecule has 2 aromatic rings. The standard InChI is InChI=1S/C29H39N3O7S/c1-17(34)31-21-9-7-18-15-25(37-2)27(38-3)28(39-4)26(18)19-8-10-22(24(35)16-20(19)21)32-23(11-14-40-5)29(36)30-12-6-13-33/h8,10,15-16,21,23,33H,6-7,9,11-14H2,1-5H3,(H,30,36)(H,31,34)(H,32,35)/t21-,23-/m0/s1. The number of hydrogen-bond donors (Lipinski definition) is 4. The minimum Gasteiger partial charge on any atom is -0.493 e. The van der Waals surface area contributed by atoms with Crippen molar-refractivity contribution in [1.29, 1.82) is 0 Å². The molecule has 0 spiro atoms. The second kappa shape index (κ2) is 14.8. The maximum atomic E-state index is 13.6. The molecule has 0 bridgehead atoms. The van der Waals surface area contributed by atoms with Gasteiger partial charge in [-0.25, -0.2) is 0 Å². The fourth-order valence-electron chi connectivity index (χ4n) is 4.93. The van der Waals surface area contributed by atoms with Crippen molar-refractivity contribution in [3.05, 3.63) is 45.6 Å². The Labute approximate surface area is 239 Å². The molecule has 1 aliphatic carbocycles. The van der Waals surface area contributed by atoms with Gasteiger partial charge in [0.1, 0.15) is 6.04 Å². The van der Waals surface area contributed by atoms with Crippen LogP contribution in [0.1, 0.15) is 43.4 Å². The number of carbonyl (C=O) groups excluding carboxylic acids is 2. The zero-order valence-electron chi connectivity index (χ0n) is 23.7. The van der Waals surface area contributed by atoms with E-state index < -0.39 is 12.1 Å². The lowest BCUT2D eigenvalue weighted by molar-refractivity contribution is -0.122. The van der Waals surface area contributed by atoms with Crippen molar-refractivity contribution in [2.45, 2.75) is 44.7 Å². The predicted octanol–water partition coefficient (Wildman–Crippen LogP) is 2.90. The number of nitrogens with one attached hydrogen (secondary N) is 3. The number of aliphatic hydroxyl groups is 1. The van der Waals surface area contributed by atoms with E-state index in [9.17, 15) is 14.4 Å². The molecular weight excluding hydrogens is 534 g/mol. The van der Waals surface area contributed by atoms with Crippen molar-refractivity contribution < 1.29 is 28.9 Å². The van der Waals surface area contributed by atoms with Crippen LogP contribution < -0.4 is 35.6 Å². The molecule has 2 aromatic carbocycles. The Morgan fingerprint density at radius 3 is 2.50 bits per heavy atom. The summed E-state index contributed by atoms with van der Waals surface area (Å²) in [5.74, 6) is 1.68. The van der Waals surface area contributed by atoms with Crippen LogP contribution in [0.2, 0.25) is 0 Å². The second-order valence-electron chi connectivity index (χ2n) is 9.44. The quantitative estimate of drug-likeness (QED) is 0.267. The van der Waals surface area contributed by atoms with Gasteiger partial charge in [0.15, 0.2) is 11.5 Å². The van der Waals surface area contributed by atoms with Gasteiger partial charge in [-0.2, -0.15) is 11.8 Å². The van der Waals surface area contributed by atoms with Gasteiger partial charge in [0.2, 0.25) is 23.0 Å². The van der Waals surface area contributed by atoms with Gasteiger partial charge in [0.05, 0.1) is 33.1 Å². The molecule has 0 fully saturated rings. The lowest BCUT2D eigenvalue weighted by atomic mass is 9.95. The number of amides is 2. The zero-order valence-corrected chi connectivity index (χ0v) is 24.5. The van der Waals surface area contributed by atoms with E-state index in [2.05, 4.69) is 16.0 Å². The van der Waals surface area contributed by atoms with Crippen LogP contribution in [0.4, 0.5) is 5.69 Å². The number of hydrogen-bond acceptors (Lipinski definition) is 9. The maximum absolute atomic E-state index is 13.6. The van der Waals surface area contributed by atoms with Crippen LogP contribution in [-0.4, -0.2) is 69.5 Å². The molecule has 0 radical (unpaired) electrons. The Balaban J connectivity index is 2.19. The first-order valence-electron chi connectivity index (χ1n) is 13.2. The predicted molar refractivity (Wildman–Crippen MR) is 158 cm³/mol. The number of methoxy groups -OCH3 is 3. The normalized spacial score (nSPS) is 14.6. The van der Waals surface area contributed by atoms with Crippen molar-refractivity contribution >= 4 is 29.3 Å². The zero-order chi connectivity index (χ0) is 29.2. The Kier molecular flexibility index (Phi) is 11.5. The molecule has 218 valence electrons. The van der Waals surface area contributed by atoms with Crippen molar-refractivity contribution in [2.75, 3.05) is 51.8 Å². The minimum atomic E-state index is -0.640. The molecule has 2 atom stereocenters. The highest BCUT2D eigenvalue weighted by Crippen LogP contribution is 2.50. The molecule has 0 heterocycles. The van der Waals surface area contributed by atoms with Crippen LogP contribution in [-0.2, 0) is 16.0 Å². The van der Waals surface area contributed by atoms with Crippen LogP contribution in [0.25, 0.3) is 11.1 Å². The summed E-state index contributed by atoms with van der Waals surface area (Å²) >= 11 is 1.61. The summed E-state index contributed by atoms with van der Waals surface area (Å²) in [4.78, 5) is 38.7. The molecule has 2 amide bonds. The monoisotopic (exact) mass is 573 g/mol.